The lowest BCUT2D eigenvalue weighted by Crippen LogP contribution is -2.48. The molecular weight excluding hydrogens is 364 g/mol. The maximum atomic E-state index is 11.9. The topological polar surface area (TPSA) is 140 Å². The molecule has 1 rings (SSSR count). The third-order valence-electron chi connectivity index (χ3n) is 2.89. The van der Waals surface area contributed by atoms with E-state index in [9.17, 15) is 24.5 Å². The lowest BCUT2D eigenvalue weighted by molar-refractivity contribution is -0.384. The SMILES string of the molecule is CCCOC(=O)CCC(=O)NC(=S)NNC(=O)c1cccc([N+](=O)[O-])c1. The molecule has 0 heterocycles. The predicted molar refractivity (Wildman–Crippen MR) is 94.9 cm³/mol. The summed E-state index contributed by atoms with van der Waals surface area (Å²) >= 11 is 4.83. The molecule has 0 aromatic heterocycles. The summed E-state index contributed by atoms with van der Waals surface area (Å²) in [5.74, 6) is -1.69. The maximum Gasteiger partial charge on any atom is 0.306 e. The van der Waals surface area contributed by atoms with Gasteiger partial charge in [0.1, 0.15) is 0 Å². The van der Waals surface area contributed by atoms with Crippen molar-refractivity contribution in [2.75, 3.05) is 6.61 Å². The number of hydrogen-bond acceptors (Lipinski definition) is 7. The highest BCUT2D eigenvalue weighted by atomic mass is 32.1. The Balaban J connectivity index is 2.38. The number of hydrogen-bond donors (Lipinski definition) is 3. The molecule has 3 N–H and O–H groups in total. The Labute approximate surface area is 154 Å². The number of nitro groups is 1. The van der Waals surface area contributed by atoms with Crippen LogP contribution < -0.4 is 16.2 Å². The van der Waals surface area contributed by atoms with Crippen molar-refractivity contribution in [3.05, 3.63) is 39.9 Å². The molecular formula is C15H18N4O6S. The van der Waals surface area contributed by atoms with Crippen LogP contribution in [0.15, 0.2) is 24.3 Å². The van der Waals surface area contributed by atoms with E-state index in [-0.39, 0.29) is 29.2 Å². The fraction of sp³-hybridized carbons (Fsp3) is 0.333. The van der Waals surface area contributed by atoms with Gasteiger partial charge in [-0.25, -0.2) is 0 Å². The third kappa shape index (κ3) is 7.66. The van der Waals surface area contributed by atoms with E-state index in [1.54, 1.807) is 0 Å². The van der Waals surface area contributed by atoms with Gasteiger partial charge in [0.25, 0.3) is 11.6 Å². The van der Waals surface area contributed by atoms with Gasteiger partial charge >= 0.3 is 5.97 Å². The molecule has 10 nitrogen and oxygen atoms in total. The van der Waals surface area contributed by atoms with Gasteiger partial charge in [0.15, 0.2) is 5.11 Å². The number of benzene rings is 1. The molecule has 0 fully saturated rings. The summed E-state index contributed by atoms with van der Waals surface area (Å²) in [4.78, 5) is 44.9. The number of esters is 1. The lowest BCUT2D eigenvalue weighted by atomic mass is 10.2. The molecule has 0 aliphatic rings. The Kier molecular flexibility index (Phi) is 8.64. The van der Waals surface area contributed by atoms with Crippen molar-refractivity contribution < 1.29 is 24.0 Å². The molecule has 1 aromatic rings. The lowest BCUT2D eigenvalue weighted by Gasteiger charge is -2.10. The minimum absolute atomic E-state index is 0.0412. The highest BCUT2D eigenvalue weighted by molar-refractivity contribution is 7.80. The number of rotatable bonds is 7. The molecule has 2 amide bonds. The average Bonchev–Trinajstić information content (AvgIpc) is 2.62. The number of nitrogens with zero attached hydrogens (tertiary/aromatic N) is 1. The van der Waals surface area contributed by atoms with Gasteiger partial charge in [-0.05, 0) is 24.7 Å². The highest BCUT2D eigenvalue weighted by Gasteiger charge is 2.13. The Morgan fingerprint density at radius 2 is 1.96 bits per heavy atom. The van der Waals surface area contributed by atoms with Gasteiger partial charge in [-0.2, -0.15) is 0 Å². The van der Waals surface area contributed by atoms with E-state index in [4.69, 9.17) is 17.0 Å². The molecule has 0 spiro atoms. The number of thiocarbonyl (C=S) groups is 1. The van der Waals surface area contributed by atoms with Crippen molar-refractivity contribution in [1.82, 2.24) is 16.2 Å². The Morgan fingerprint density at radius 3 is 2.62 bits per heavy atom. The van der Waals surface area contributed by atoms with E-state index in [1.807, 2.05) is 6.92 Å². The van der Waals surface area contributed by atoms with Crippen LogP contribution in [0, 0.1) is 10.1 Å². The Hall–Kier alpha value is -3.08. The third-order valence-corrected chi connectivity index (χ3v) is 3.09. The summed E-state index contributed by atoms with van der Waals surface area (Å²) < 4.78 is 4.83. The molecule has 0 atom stereocenters. The fourth-order valence-corrected chi connectivity index (χ4v) is 1.84. The van der Waals surface area contributed by atoms with E-state index < -0.39 is 22.7 Å². The largest absolute Gasteiger partial charge is 0.466 e. The van der Waals surface area contributed by atoms with E-state index in [1.165, 1.54) is 18.2 Å². The maximum absolute atomic E-state index is 11.9. The number of non-ortho nitro benzene ring substituents is 1. The van der Waals surface area contributed by atoms with Crippen molar-refractivity contribution in [2.45, 2.75) is 26.2 Å². The molecule has 140 valence electrons. The number of carbonyl (C=O) groups excluding carboxylic acids is 3. The fourth-order valence-electron chi connectivity index (χ4n) is 1.67. The van der Waals surface area contributed by atoms with Crippen LogP contribution in [0.2, 0.25) is 0 Å². The van der Waals surface area contributed by atoms with Gasteiger partial charge in [0.2, 0.25) is 5.91 Å². The number of ether oxygens (including phenoxy) is 1. The van der Waals surface area contributed by atoms with Crippen molar-refractivity contribution in [3.63, 3.8) is 0 Å². The molecule has 11 heteroatoms. The second kappa shape index (κ2) is 10.7. The first-order chi connectivity index (χ1) is 12.3. The molecule has 0 unspecified atom stereocenters. The van der Waals surface area contributed by atoms with E-state index in [0.717, 1.165) is 6.07 Å². The van der Waals surface area contributed by atoms with Crippen molar-refractivity contribution in [3.8, 4) is 0 Å². The summed E-state index contributed by atoms with van der Waals surface area (Å²) in [6, 6.07) is 5.10. The number of nitro benzene ring substituents is 1. The van der Waals surface area contributed by atoms with Crippen molar-refractivity contribution in [1.29, 1.82) is 0 Å². The minimum atomic E-state index is -0.673. The van der Waals surface area contributed by atoms with Gasteiger partial charge in [0.05, 0.1) is 18.0 Å². The molecule has 0 saturated heterocycles. The zero-order valence-corrected chi connectivity index (χ0v) is 14.8. The van der Waals surface area contributed by atoms with Crippen molar-refractivity contribution in [2.24, 2.45) is 0 Å². The Morgan fingerprint density at radius 1 is 1.23 bits per heavy atom. The number of carbonyl (C=O) groups is 3. The monoisotopic (exact) mass is 382 g/mol. The normalized spacial score (nSPS) is 9.73. The van der Waals surface area contributed by atoms with Crippen LogP contribution in [-0.2, 0) is 14.3 Å². The first kappa shape index (κ1) is 21.0. The quantitative estimate of drug-likeness (QED) is 0.274. The summed E-state index contributed by atoms with van der Waals surface area (Å²) in [6.07, 6.45) is 0.480. The molecule has 0 bridgehead atoms. The molecule has 1 aromatic carbocycles. The van der Waals surface area contributed by atoms with Crippen LogP contribution >= 0.6 is 12.2 Å². The zero-order valence-electron chi connectivity index (χ0n) is 13.9. The first-order valence-corrected chi connectivity index (χ1v) is 8.04. The molecule has 0 saturated carbocycles. The number of hydrazine groups is 1. The van der Waals surface area contributed by atoms with Crippen LogP contribution in [0.1, 0.15) is 36.5 Å². The second-order valence-electron chi connectivity index (χ2n) is 4.98. The van der Waals surface area contributed by atoms with Crippen LogP contribution in [0.3, 0.4) is 0 Å². The molecule has 26 heavy (non-hydrogen) atoms. The standard InChI is InChI=1S/C15H18N4O6S/c1-2-8-25-13(21)7-6-12(20)16-15(26)18-17-14(22)10-4-3-5-11(9-10)19(23)24/h3-5,9H,2,6-8H2,1H3,(H,17,22)(H2,16,18,20,26). The summed E-state index contributed by atoms with van der Waals surface area (Å²) in [6.45, 7) is 2.15. The smallest absolute Gasteiger partial charge is 0.306 e. The van der Waals surface area contributed by atoms with E-state index in [2.05, 4.69) is 16.2 Å². The second-order valence-corrected chi connectivity index (χ2v) is 5.39. The first-order valence-electron chi connectivity index (χ1n) is 7.63. The Bertz CT molecular complexity index is 709. The minimum Gasteiger partial charge on any atom is -0.466 e. The van der Waals surface area contributed by atoms with Gasteiger partial charge in [0, 0.05) is 24.1 Å². The van der Waals surface area contributed by atoms with Gasteiger partial charge in [-0.3, -0.25) is 35.3 Å². The number of nitrogens with one attached hydrogen (secondary N) is 3. The van der Waals surface area contributed by atoms with E-state index >= 15 is 0 Å². The van der Waals surface area contributed by atoms with Gasteiger partial charge in [-0.1, -0.05) is 13.0 Å². The van der Waals surface area contributed by atoms with Crippen molar-refractivity contribution >= 4 is 40.8 Å². The highest BCUT2D eigenvalue weighted by Crippen LogP contribution is 2.12. The van der Waals surface area contributed by atoms with Gasteiger partial charge < -0.3 is 10.1 Å². The number of amides is 2. The van der Waals surface area contributed by atoms with Crippen LogP contribution in [0.4, 0.5) is 5.69 Å². The predicted octanol–water partition coefficient (Wildman–Crippen LogP) is 0.964. The van der Waals surface area contributed by atoms with E-state index in [0.29, 0.717) is 13.0 Å². The molecule has 0 radical (unpaired) electrons. The van der Waals surface area contributed by atoms with Crippen LogP contribution in [-0.4, -0.2) is 34.4 Å². The molecule has 0 aliphatic heterocycles. The zero-order chi connectivity index (χ0) is 19.5. The average molecular weight is 382 g/mol. The van der Waals surface area contributed by atoms with Gasteiger partial charge in [-0.15, -0.1) is 0 Å². The summed E-state index contributed by atoms with van der Waals surface area (Å²) in [7, 11) is 0. The summed E-state index contributed by atoms with van der Waals surface area (Å²) in [5, 5.41) is 12.8. The molecule has 0 aliphatic carbocycles. The summed E-state index contributed by atoms with van der Waals surface area (Å²) in [5.41, 5.74) is 4.31. The van der Waals surface area contributed by atoms with Crippen LogP contribution in [0.5, 0.6) is 0 Å². The van der Waals surface area contributed by atoms with Crippen LogP contribution in [0.25, 0.3) is 0 Å².